The molecule has 4 aliphatic heterocycles. The second-order valence-corrected chi connectivity index (χ2v) is 11.8. The Hall–Kier alpha value is -2.23. The fourth-order valence-corrected chi connectivity index (χ4v) is 6.86. The van der Waals surface area contributed by atoms with Crippen LogP contribution in [0.5, 0.6) is 0 Å². The molecule has 4 unspecified atom stereocenters. The first kappa shape index (κ1) is 23.5. The number of nitrogens with zero attached hydrogens (tertiary/aromatic N) is 4. The highest BCUT2D eigenvalue weighted by Crippen LogP contribution is 2.29. The molecule has 0 aromatic heterocycles. The lowest BCUT2D eigenvalue weighted by Crippen LogP contribution is -2.56. The molecular weight excluding hydrogens is 457 g/mol. The summed E-state index contributed by atoms with van der Waals surface area (Å²) < 4.78 is 32.8. The van der Waals surface area contributed by atoms with Gasteiger partial charge in [-0.3, -0.25) is 14.0 Å². The molecule has 0 aromatic rings. The Labute approximate surface area is 202 Å². The topological polar surface area (TPSA) is 86.6 Å². The van der Waals surface area contributed by atoms with Crippen molar-refractivity contribution in [1.82, 2.24) is 15.1 Å². The van der Waals surface area contributed by atoms with Crippen LogP contribution in [-0.2, 0) is 20.3 Å². The minimum atomic E-state index is -1.29. The van der Waals surface area contributed by atoms with E-state index in [0.29, 0.717) is 25.1 Å². The monoisotopic (exact) mass is 491 g/mol. The van der Waals surface area contributed by atoms with Gasteiger partial charge in [0, 0.05) is 68.9 Å². The van der Waals surface area contributed by atoms with Gasteiger partial charge in [0.1, 0.15) is 28.6 Å². The molecule has 4 heterocycles. The van der Waals surface area contributed by atoms with Crippen molar-refractivity contribution in [3.8, 4) is 0 Å². The third kappa shape index (κ3) is 5.06. The number of halogens is 1. The Morgan fingerprint density at radius 3 is 2.79 bits per heavy atom. The van der Waals surface area contributed by atoms with E-state index in [1.54, 1.807) is 24.0 Å². The van der Waals surface area contributed by atoms with Gasteiger partial charge in [-0.25, -0.2) is 9.38 Å². The highest BCUT2D eigenvalue weighted by atomic mass is 32.2. The van der Waals surface area contributed by atoms with Crippen LogP contribution in [0.4, 0.5) is 4.39 Å². The number of piperidine rings is 2. The van der Waals surface area contributed by atoms with Gasteiger partial charge in [-0.05, 0) is 38.0 Å². The Morgan fingerprint density at radius 2 is 2.09 bits per heavy atom. The summed E-state index contributed by atoms with van der Waals surface area (Å²) >= 11 is 0. The molecule has 5 atom stereocenters. The molecule has 1 amide bonds. The van der Waals surface area contributed by atoms with E-state index in [4.69, 9.17) is 14.7 Å². The maximum atomic E-state index is 14.0. The molecule has 5 aliphatic rings. The molecule has 3 saturated heterocycles. The van der Waals surface area contributed by atoms with Gasteiger partial charge in [-0.2, -0.15) is 0 Å². The first-order chi connectivity index (χ1) is 16.3. The fraction of sp³-hybridized carbons (Fsp3) is 0.708. The van der Waals surface area contributed by atoms with Gasteiger partial charge >= 0.3 is 0 Å². The Morgan fingerprint density at radius 1 is 1.29 bits per heavy atom. The number of ether oxygens (including phenoxy) is 1. The molecule has 34 heavy (non-hydrogen) atoms. The number of alkyl halides is 1. The summed E-state index contributed by atoms with van der Waals surface area (Å²) in [6.45, 7) is 3.75. The minimum Gasteiger partial charge on any atom is -0.491 e. The highest BCUT2D eigenvalue weighted by molar-refractivity contribution is 7.86. The van der Waals surface area contributed by atoms with E-state index in [2.05, 4.69) is 10.2 Å². The first-order valence-electron chi connectivity index (χ1n) is 12.3. The lowest BCUT2D eigenvalue weighted by atomic mass is 9.99. The normalized spacial score (nSPS) is 37.9. The molecule has 0 saturated carbocycles. The van der Waals surface area contributed by atoms with Crippen molar-refractivity contribution in [2.45, 2.75) is 74.6 Å². The van der Waals surface area contributed by atoms with Gasteiger partial charge < -0.3 is 19.9 Å². The van der Waals surface area contributed by atoms with E-state index in [0.717, 1.165) is 56.3 Å². The summed E-state index contributed by atoms with van der Waals surface area (Å²) in [6.07, 6.45) is 9.30. The number of hydrogen-bond acceptors (Lipinski definition) is 6. The Kier molecular flexibility index (Phi) is 6.52. The van der Waals surface area contributed by atoms with Crippen LogP contribution in [0, 0.1) is 0 Å². The van der Waals surface area contributed by atoms with E-state index in [9.17, 15) is 13.4 Å². The number of aliphatic imine (C=N–C) groups is 2. The zero-order valence-corrected chi connectivity index (χ0v) is 20.7. The Bertz CT molecular complexity index is 970. The summed E-state index contributed by atoms with van der Waals surface area (Å²) in [4.78, 5) is 25.7. The molecule has 1 N–H and O–H groups in total. The van der Waals surface area contributed by atoms with Gasteiger partial charge in [-0.1, -0.05) is 0 Å². The van der Waals surface area contributed by atoms with E-state index in [1.165, 1.54) is 0 Å². The number of amidine groups is 1. The van der Waals surface area contributed by atoms with Crippen molar-refractivity contribution in [2.75, 3.05) is 32.4 Å². The zero-order valence-electron chi connectivity index (χ0n) is 19.9. The van der Waals surface area contributed by atoms with Crippen LogP contribution in [0.1, 0.15) is 45.4 Å². The summed E-state index contributed by atoms with van der Waals surface area (Å²) in [5, 5.41) is 3.25. The van der Waals surface area contributed by atoms with E-state index >= 15 is 0 Å². The third-order valence-electron chi connectivity index (χ3n) is 7.31. The molecule has 186 valence electrons. The number of carbonyl (C=O) groups excluding carboxylic acids is 1. The smallest absolute Gasteiger partial charge is 0.222 e. The number of amides is 1. The lowest BCUT2D eigenvalue weighted by molar-refractivity contribution is -0.132. The average molecular weight is 492 g/mol. The van der Waals surface area contributed by atoms with Crippen LogP contribution in [0.2, 0.25) is 0 Å². The molecule has 1 aliphatic carbocycles. The van der Waals surface area contributed by atoms with Crippen LogP contribution in [-0.4, -0.2) is 93.3 Å². The second kappa shape index (κ2) is 9.43. The number of hydrogen-bond donors (Lipinski definition) is 1. The van der Waals surface area contributed by atoms with Gasteiger partial charge in [-0.15, -0.1) is 0 Å². The molecule has 3 fully saturated rings. The quantitative estimate of drug-likeness (QED) is 0.652. The van der Waals surface area contributed by atoms with Crippen molar-refractivity contribution in [3.05, 3.63) is 24.0 Å². The van der Waals surface area contributed by atoms with Crippen LogP contribution >= 0.6 is 0 Å². The van der Waals surface area contributed by atoms with Gasteiger partial charge in [0.05, 0.1) is 12.1 Å². The number of nitrogens with one attached hydrogen (secondary N) is 1. The lowest BCUT2D eigenvalue weighted by Gasteiger charge is -2.38. The number of allylic oxidation sites excluding steroid dienone is 3. The third-order valence-corrected chi connectivity index (χ3v) is 9.05. The average Bonchev–Trinajstić information content (AvgIpc) is 3.19. The summed E-state index contributed by atoms with van der Waals surface area (Å²) in [5.41, 5.74) is -1.29. The molecule has 0 spiro atoms. The van der Waals surface area contributed by atoms with Crippen LogP contribution < -0.4 is 5.32 Å². The summed E-state index contributed by atoms with van der Waals surface area (Å²) in [7, 11) is 0.830. The number of likely N-dealkylation sites (tertiary alicyclic amines) is 2. The van der Waals surface area contributed by atoms with Crippen molar-refractivity contribution < 1.29 is 18.1 Å². The summed E-state index contributed by atoms with van der Waals surface area (Å²) in [6, 6.07) is 0.00485. The number of rotatable bonds is 3. The summed E-state index contributed by atoms with van der Waals surface area (Å²) in [5.74, 6) is 3.13. The molecule has 5 rings (SSSR count). The van der Waals surface area contributed by atoms with Crippen LogP contribution in [0.15, 0.2) is 34.0 Å². The maximum Gasteiger partial charge on any atom is 0.222 e. The number of fused-ring (bicyclic) bond motifs is 1. The molecular formula is C24H34FN5O3S. The van der Waals surface area contributed by atoms with Crippen molar-refractivity contribution in [3.63, 3.8) is 0 Å². The highest BCUT2D eigenvalue weighted by Gasteiger charge is 2.43. The molecule has 10 heteroatoms. The van der Waals surface area contributed by atoms with Crippen molar-refractivity contribution in [1.29, 1.82) is 0 Å². The predicted octanol–water partition coefficient (Wildman–Crippen LogP) is 1.91. The molecule has 0 aromatic carbocycles. The first-order valence-corrected chi connectivity index (χ1v) is 13.7. The Balaban J connectivity index is 1.23. The number of likely N-dealkylation sites (N-methyl/N-ethyl adjacent to an activating group) is 1. The zero-order chi connectivity index (χ0) is 23.9. The largest absolute Gasteiger partial charge is 0.491 e. The predicted molar refractivity (Wildman–Crippen MR) is 131 cm³/mol. The minimum absolute atomic E-state index is 0.0136. The van der Waals surface area contributed by atoms with Crippen molar-refractivity contribution in [2.24, 2.45) is 9.98 Å². The molecule has 0 bridgehead atoms. The van der Waals surface area contributed by atoms with Gasteiger partial charge in [0.25, 0.3) is 0 Å². The maximum absolute atomic E-state index is 14.0. The standard InChI is InChI=1S/C24H34FN5O3S/c1-24(25)10-5-17(6-11-24)33-18-7-12-30(13-8-18)23-27-19-9-14-34(32)21(19)22(28-23)26-16-3-4-20(31)29(2)15-16/h5-6,10,16,18-19,21H,3-4,7-9,11-15H2,1-2H3,(H,26,27,28)/t16-,19?,21?,24?,34?/m0/s1. The SMILES string of the molecule is CN1C[C@@H](N=C2NC(N3CCC(OC4=CCC(C)(F)C=C4)CC3)=NC3CCS(=O)C23)CCC1=O. The second-order valence-electron chi connectivity index (χ2n) is 10.1. The van der Waals surface area contributed by atoms with Crippen molar-refractivity contribution >= 4 is 28.5 Å². The number of guanidine groups is 1. The fourth-order valence-electron chi connectivity index (χ4n) is 5.22. The van der Waals surface area contributed by atoms with E-state index < -0.39 is 16.5 Å². The van der Waals surface area contributed by atoms with Crippen LogP contribution in [0.3, 0.4) is 0 Å². The molecule has 0 radical (unpaired) electrons. The van der Waals surface area contributed by atoms with Crippen LogP contribution in [0.25, 0.3) is 0 Å². The van der Waals surface area contributed by atoms with E-state index in [1.807, 2.05) is 13.1 Å². The number of carbonyl (C=O) groups is 1. The van der Waals surface area contributed by atoms with Gasteiger partial charge in [0.2, 0.25) is 5.91 Å². The van der Waals surface area contributed by atoms with E-state index in [-0.39, 0.29) is 29.3 Å². The van der Waals surface area contributed by atoms with Gasteiger partial charge in [0.15, 0.2) is 5.96 Å². The molecule has 8 nitrogen and oxygen atoms in total.